The first-order valence-electron chi connectivity index (χ1n) is 9.82. The molecule has 0 spiro atoms. The molecule has 30 heavy (non-hydrogen) atoms. The second-order valence-electron chi connectivity index (χ2n) is 6.94. The number of carbonyl (C=O) groups is 1. The summed E-state index contributed by atoms with van der Waals surface area (Å²) in [4.78, 5) is 29.7. The lowest BCUT2D eigenvalue weighted by Gasteiger charge is -2.11. The van der Waals surface area contributed by atoms with E-state index in [9.17, 15) is 9.59 Å². The van der Waals surface area contributed by atoms with Gasteiger partial charge in [0.05, 0.1) is 18.5 Å². The predicted molar refractivity (Wildman–Crippen MR) is 114 cm³/mol. The number of nitrogens with zero attached hydrogens (tertiary/aromatic N) is 3. The van der Waals surface area contributed by atoms with E-state index >= 15 is 0 Å². The molecule has 0 aliphatic carbocycles. The van der Waals surface area contributed by atoms with E-state index in [1.54, 1.807) is 36.7 Å². The van der Waals surface area contributed by atoms with Gasteiger partial charge in [-0.2, -0.15) is 5.10 Å². The Morgan fingerprint density at radius 1 is 0.900 bits per heavy atom. The predicted octanol–water partition coefficient (Wildman–Crippen LogP) is 3.63. The van der Waals surface area contributed by atoms with Gasteiger partial charge in [-0.05, 0) is 36.1 Å². The van der Waals surface area contributed by atoms with Crippen molar-refractivity contribution in [3.63, 3.8) is 0 Å². The minimum atomic E-state index is -0.529. The number of aryl methyl sites for hydroxylation is 1. The van der Waals surface area contributed by atoms with E-state index in [1.807, 2.05) is 42.5 Å². The molecule has 4 rings (SSSR count). The zero-order valence-electron chi connectivity index (χ0n) is 16.4. The van der Waals surface area contributed by atoms with Gasteiger partial charge < -0.3 is 4.74 Å². The molecule has 0 amide bonds. The van der Waals surface area contributed by atoms with Crippen LogP contribution in [0.5, 0.6) is 0 Å². The minimum absolute atomic E-state index is 0.155. The number of ether oxygens (including phenoxy) is 1. The molecule has 0 radical (unpaired) electrons. The van der Waals surface area contributed by atoms with Crippen LogP contribution in [0.1, 0.15) is 28.0 Å². The summed E-state index contributed by atoms with van der Waals surface area (Å²) >= 11 is 0. The van der Waals surface area contributed by atoms with Gasteiger partial charge in [-0.25, -0.2) is 9.48 Å². The van der Waals surface area contributed by atoms with Crippen LogP contribution in [0.2, 0.25) is 0 Å². The fourth-order valence-electron chi connectivity index (χ4n) is 3.30. The molecule has 0 atom stereocenters. The first-order chi connectivity index (χ1) is 14.7. The number of pyridine rings is 1. The third kappa shape index (κ3) is 4.43. The molecule has 0 saturated heterocycles. The summed E-state index contributed by atoms with van der Waals surface area (Å²) < 4.78 is 6.79. The first-order valence-corrected chi connectivity index (χ1v) is 9.82. The quantitative estimate of drug-likeness (QED) is 0.350. The van der Waals surface area contributed by atoms with Gasteiger partial charge in [0, 0.05) is 17.8 Å². The second-order valence-corrected chi connectivity index (χ2v) is 6.94. The molecule has 2 aromatic heterocycles. The maximum atomic E-state index is 12.9. The Bertz CT molecular complexity index is 1200. The smallest absolute Gasteiger partial charge is 0.359 e. The molecule has 0 aliphatic heterocycles. The highest BCUT2D eigenvalue weighted by Crippen LogP contribution is 2.15. The number of aromatic nitrogens is 3. The summed E-state index contributed by atoms with van der Waals surface area (Å²) in [6, 6.07) is 20.4. The Morgan fingerprint density at radius 2 is 1.63 bits per heavy atom. The summed E-state index contributed by atoms with van der Waals surface area (Å²) in [5.41, 5.74) is 1.94. The summed E-state index contributed by atoms with van der Waals surface area (Å²) in [5, 5.41) is 5.31. The van der Waals surface area contributed by atoms with Gasteiger partial charge >= 0.3 is 5.97 Å². The Kier molecular flexibility index (Phi) is 5.94. The molecule has 0 N–H and O–H groups in total. The van der Waals surface area contributed by atoms with Gasteiger partial charge in [0.1, 0.15) is 0 Å². The fraction of sp³-hybridized carbons (Fsp3) is 0.167. The summed E-state index contributed by atoms with van der Waals surface area (Å²) in [6.45, 7) is 0.549. The number of hydrogen-bond acceptors (Lipinski definition) is 5. The van der Waals surface area contributed by atoms with Crippen LogP contribution in [0.4, 0.5) is 0 Å². The summed E-state index contributed by atoms with van der Waals surface area (Å²) in [5.74, 6) is -0.529. The van der Waals surface area contributed by atoms with Crippen LogP contribution < -0.4 is 5.56 Å². The van der Waals surface area contributed by atoms with E-state index < -0.39 is 5.97 Å². The molecule has 150 valence electrons. The molecular weight excluding hydrogens is 378 g/mol. The van der Waals surface area contributed by atoms with Gasteiger partial charge in [0.15, 0.2) is 5.69 Å². The number of hydrogen-bond donors (Lipinski definition) is 0. The van der Waals surface area contributed by atoms with Crippen molar-refractivity contribution in [2.24, 2.45) is 0 Å². The molecular formula is C24H21N3O3. The molecule has 6 heteroatoms. The third-order valence-electron chi connectivity index (χ3n) is 4.80. The summed E-state index contributed by atoms with van der Waals surface area (Å²) in [7, 11) is 0. The molecule has 4 aromatic rings. The molecule has 0 unspecified atom stereocenters. The van der Waals surface area contributed by atoms with Crippen LogP contribution in [-0.2, 0) is 17.7 Å². The van der Waals surface area contributed by atoms with Crippen molar-refractivity contribution in [3.8, 4) is 0 Å². The van der Waals surface area contributed by atoms with Crippen molar-refractivity contribution in [1.29, 1.82) is 0 Å². The van der Waals surface area contributed by atoms with Crippen molar-refractivity contribution in [2.45, 2.75) is 19.4 Å². The van der Waals surface area contributed by atoms with E-state index in [0.29, 0.717) is 17.2 Å². The Morgan fingerprint density at radius 3 is 2.40 bits per heavy atom. The number of benzene rings is 2. The average molecular weight is 399 g/mol. The maximum Gasteiger partial charge on any atom is 0.359 e. The SMILES string of the molecule is O=C(OCCCc1cccnc1)c1nn(Cc2ccccc2)c(=O)c2ccccc12. The van der Waals surface area contributed by atoms with Crippen molar-refractivity contribution >= 4 is 16.7 Å². The molecule has 2 aromatic carbocycles. The standard InChI is InChI=1S/C24H21N3O3/c28-23-21-13-5-4-12-20(21)22(26-27(23)17-19-8-2-1-3-9-19)24(29)30-15-7-11-18-10-6-14-25-16-18/h1-6,8-10,12-14,16H,7,11,15,17H2. The largest absolute Gasteiger partial charge is 0.461 e. The Balaban J connectivity index is 1.55. The van der Waals surface area contributed by atoms with Crippen molar-refractivity contribution in [3.05, 3.63) is 106 Å². The number of fused-ring (bicyclic) bond motifs is 1. The third-order valence-corrected chi connectivity index (χ3v) is 4.80. The normalized spacial score (nSPS) is 10.8. The van der Waals surface area contributed by atoms with Crippen molar-refractivity contribution < 1.29 is 9.53 Å². The van der Waals surface area contributed by atoms with Gasteiger partial charge in [-0.3, -0.25) is 9.78 Å². The zero-order valence-corrected chi connectivity index (χ0v) is 16.4. The number of carbonyl (C=O) groups excluding carboxylic acids is 1. The number of rotatable bonds is 7. The zero-order chi connectivity index (χ0) is 20.8. The lowest BCUT2D eigenvalue weighted by atomic mass is 10.1. The number of esters is 1. The lowest BCUT2D eigenvalue weighted by molar-refractivity contribution is 0.0493. The molecule has 0 fully saturated rings. The average Bonchev–Trinajstić information content (AvgIpc) is 2.80. The van der Waals surface area contributed by atoms with E-state index in [2.05, 4.69) is 10.1 Å². The first kappa shape index (κ1) is 19.5. The molecule has 6 nitrogen and oxygen atoms in total. The fourth-order valence-corrected chi connectivity index (χ4v) is 3.30. The van der Waals surface area contributed by atoms with Crippen LogP contribution in [-0.4, -0.2) is 27.3 Å². The van der Waals surface area contributed by atoms with Gasteiger partial charge in [-0.15, -0.1) is 0 Å². The van der Waals surface area contributed by atoms with Gasteiger partial charge in [0.25, 0.3) is 5.56 Å². The van der Waals surface area contributed by atoms with Crippen LogP contribution in [0.25, 0.3) is 10.8 Å². The van der Waals surface area contributed by atoms with E-state index in [4.69, 9.17) is 4.74 Å². The maximum absolute atomic E-state index is 12.9. The molecule has 2 heterocycles. The van der Waals surface area contributed by atoms with E-state index in [1.165, 1.54) is 4.68 Å². The minimum Gasteiger partial charge on any atom is -0.461 e. The van der Waals surface area contributed by atoms with Gasteiger partial charge in [0.2, 0.25) is 0 Å². The second kappa shape index (κ2) is 9.13. The highest BCUT2D eigenvalue weighted by atomic mass is 16.5. The topological polar surface area (TPSA) is 74.1 Å². The van der Waals surface area contributed by atoms with Crippen LogP contribution in [0.3, 0.4) is 0 Å². The summed E-state index contributed by atoms with van der Waals surface area (Å²) in [6.07, 6.45) is 4.98. The molecule has 0 aliphatic rings. The van der Waals surface area contributed by atoms with Gasteiger partial charge in [-0.1, -0.05) is 54.6 Å². The Labute approximate surface area is 173 Å². The van der Waals surface area contributed by atoms with Crippen LogP contribution >= 0.6 is 0 Å². The van der Waals surface area contributed by atoms with E-state index in [0.717, 1.165) is 17.5 Å². The van der Waals surface area contributed by atoms with E-state index in [-0.39, 0.29) is 24.4 Å². The molecule has 0 bridgehead atoms. The van der Waals surface area contributed by atoms with Crippen molar-refractivity contribution in [1.82, 2.24) is 14.8 Å². The Hall–Kier alpha value is -3.80. The highest BCUT2D eigenvalue weighted by Gasteiger charge is 2.18. The lowest BCUT2D eigenvalue weighted by Crippen LogP contribution is -2.27. The monoisotopic (exact) mass is 399 g/mol. The van der Waals surface area contributed by atoms with Crippen molar-refractivity contribution in [2.75, 3.05) is 6.61 Å². The highest BCUT2D eigenvalue weighted by molar-refractivity contribution is 6.02. The van der Waals surface area contributed by atoms with Crippen LogP contribution in [0.15, 0.2) is 83.9 Å². The molecule has 0 saturated carbocycles. The van der Waals surface area contributed by atoms with Crippen LogP contribution in [0, 0.1) is 0 Å².